The second-order valence-electron chi connectivity index (χ2n) is 4.57. The zero-order valence-corrected chi connectivity index (χ0v) is 8.97. The Morgan fingerprint density at radius 3 is 2.57 bits per heavy atom. The van der Waals surface area contributed by atoms with Gasteiger partial charge in [-0.05, 0) is 42.0 Å². The average molecular weight is 196 g/mol. The summed E-state index contributed by atoms with van der Waals surface area (Å²) in [6, 6.07) is 4.79. The molecule has 0 aliphatic rings. The average Bonchev–Trinajstić information content (AvgIpc) is 2.11. The smallest absolute Gasteiger partial charge is 0.123 e. The lowest BCUT2D eigenvalue weighted by molar-refractivity contribution is 0.159. The van der Waals surface area contributed by atoms with Gasteiger partial charge in [0.25, 0.3) is 0 Å². The highest BCUT2D eigenvalue weighted by molar-refractivity contribution is 5.27. The van der Waals surface area contributed by atoms with Crippen molar-refractivity contribution >= 4 is 0 Å². The number of aryl methyl sites for hydroxylation is 1. The molecule has 78 valence electrons. The monoisotopic (exact) mass is 196 g/mol. The standard InChI is InChI=1S/C12H17FO/c1-9-4-5-11(13)6-10(9)7-12(2,3)8-14/h4-6,14H,7-8H2,1-3H3. The van der Waals surface area contributed by atoms with E-state index in [-0.39, 0.29) is 17.8 Å². The minimum absolute atomic E-state index is 0.114. The molecule has 0 atom stereocenters. The third-order valence-corrected chi connectivity index (χ3v) is 2.41. The van der Waals surface area contributed by atoms with Gasteiger partial charge < -0.3 is 5.11 Å². The summed E-state index contributed by atoms with van der Waals surface area (Å²) in [6.45, 7) is 6.01. The van der Waals surface area contributed by atoms with E-state index in [1.807, 2.05) is 20.8 Å². The molecule has 1 nitrogen and oxygen atoms in total. The molecule has 0 spiro atoms. The number of hydrogen-bond acceptors (Lipinski definition) is 1. The van der Waals surface area contributed by atoms with Crippen molar-refractivity contribution in [2.45, 2.75) is 27.2 Å². The van der Waals surface area contributed by atoms with Gasteiger partial charge in [-0.25, -0.2) is 4.39 Å². The maximum absolute atomic E-state index is 13.0. The number of aliphatic hydroxyl groups is 1. The van der Waals surface area contributed by atoms with E-state index in [4.69, 9.17) is 5.11 Å². The Morgan fingerprint density at radius 1 is 1.36 bits per heavy atom. The lowest BCUT2D eigenvalue weighted by Gasteiger charge is -2.22. The molecule has 0 bridgehead atoms. The highest BCUT2D eigenvalue weighted by Gasteiger charge is 2.18. The lowest BCUT2D eigenvalue weighted by Crippen LogP contribution is -2.20. The van der Waals surface area contributed by atoms with Gasteiger partial charge in [0.1, 0.15) is 5.82 Å². The summed E-state index contributed by atoms with van der Waals surface area (Å²) in [5.41, 5.74) is 1.87. The van der Waals surface area contributed by atoms with Crippen molar-refractivity contribution in [1.29, 1.82) is 0 Å². The fourth-order valence-electron chi connectivity index (χ4n) is 1.40. The topological polar surface area (TPSA) is 20.2 Å². The summed E-state index contributed by atoms with van der Waals surface area (Å²) in [6.07, 6.45) is 0.701. The first kappa shape index (κ1) is 11.2. The van der Waals surface area contributed by atoms with E-state index in [2.05, 4.69) is 0 Å². The molecule has 14 heavy (non-hydrogen) atoms. The van der Waals surface area contributed by atoms with Crippen molar-refractivity contribution in [1.82, 2.24) is 0 Å². The largest absolute Gasteiger partial charge is 0.396 e. The second-order valence-corrected chi connectivity index (χ2v) is 4.57. The van der Waals surface area contributed by atoms with E-state index in [0.29, 0.717) is 6.42 Å². The molecule has 0 unspecified atom stereocenters. The van der Waals surface area contributed by atoms with E-state index in [1.54, 1.807) is 12.1 Å². The fourth-order valence-corrected chi connectivity index (χ4v) is 1.40. The number of rotatable bonds is 3. The van der Waals surface area contributed by atoms with Crippen LogP contribution in [0, 0.1) is 18.2 Å². The molecule has 1 aromatic carbocycles. The number of halogens is 1. The van der Waals surface area contributed by atoms with Crippen molar-refractivity contribution in [2.75, 3.05) is 6.61 Å². The van der Waals surface area contributed by atoms with E-state index in [0.717, 1.165) is 11.1 Å². The highest BCUT2D eigenvalue weighted by Crippen LogP contribution is 2.23. The first-order valence-electron chi connectivity index (χ1n) is 4.80. The molecule has 0 aliphatic carbocycles. The third-order valence-electron chi connectivity index (χ3n) is 2.41. The van der Waals surface area contributed by atoms with Gasteiger partial charge in [-0.1, -0.05) is 19.9 Å². The Balaban J connectivity index is 2.91. The zero-order valence-electron chi connectivity index (χ0n) is 8.97. The maximum Gasteiger partial charge on any atom is 0.123 e. The van der Waals surface area contributed by atoms with Gasteiger partial charge in [0.05, 0.1) is 0 Å². The van der Waals surface area contributed by atoms with Crippen molar-refractivity contribution in [3.63, 3.8) is 0 Å². The van der Waals surface area contributed by atoms with Crippen LogP contribution in [0.15, 0.2) is 18.2 Å². The molecule has 0 aliphatic heterocycles. The molecular formula is C12H17FO. The summed E-state index contributed by atoms with van der Waals surface area (Å²) in [5, 5.41) is 9.12. The summed E-state index contributed by atoms with van der Waals surface area (Å²) >= 11 is 0. The van der Waals surface area contributed by atoms with Crippen LogP contribution in [0.3, 0.4) is 0 Å². The van der Waals surface area contributed by atoms with Crippen molar-refractivity contribution in [3.8, 4) is 0 Å². The van der Waals surface area contributed by atoms with Gasteiger partial charge in [0, 0.05) is 6.61 Å². The molecule has 1 aromatic rings. The van der Waals surface area contributed by atoms with Gasteiger partial charge >= 0.3 is 0 Å². The van der Waals surface area contributed by atoms with Crippen LogP contribution in [0.2, 0.25) is 0 Å². The molecule has 0 fully saturated rings. The molecule has 0 radical (unpaired) electrons. The minimum Gasteiger partial charge on any atom is -0.396 e. The first-order chi connectivity index (χ1) is 6.44. The van der Waals surface area contributed by atoms with Crippen LogP contribution >= 0.6 is 0 Å². The quantitative estimate of drug-likeness (QED) is 0.788. The van der Waals surface area contributed by atoms with Gasteiger partial charge in [0.2, 0.25) is 0 Å². The van der Waals surface area contributed by atoms with E-state index in [9.17, 15) is 4.39 Å². The normalized spacial score (nSPS) is 11.8. The van der Waals surface area contributed by atoms with Crippen LogP contribution in [-0.4, -0.2) is 11.7 Å². The number of hydrogen-bond donors (Lipinski definition) is 1. The summed E-state index contributed by atoms with van der Waals surface area (Å²) < 4.78 is 13.0. The second kappa shape index (κ2) is 4.09. The Labute approximate surface area is 84.6 Å². The predicted octanol–water partition coefficient (Wildman–Crippen LogP) is 2.70. The predicted molar refractivity (Wildman–Crippen MR) is 55.7 cm³/mol. The first-order valence-corrected chi connectivity index (χ1v) is 4.80. The highest BCUT2D eigenvalue weighted by atomic mass is 19.1. The van der Waals surface area contributed by atoms with Gasteiger partial charge in [-0.3, -0.25) is 0 Å². The van der Waals surface area contributed by atoms with Gasteiger partial charge in [-0.15, -0.1) is 0 Å². The number of benzene rings is 1. The van der Waals surface area contributed by atoms with Crippen LogP contribution < -0.4 is 0 Å². The van der Waals surface area contributed by atoms with E-state index in [1.165, 1.54) is 6.07 Å². The van der Waals surface area contributed by atoms with Crippen LogP contribution in [-0.2, 0) is 6.42 Å². The SMILES string of the molecule is Cc1ccc(F)cc1CC(C)(C)CO. The summed E-state index contributed by atoms with van der Waals surface area (Å²) in [4.78, 5) is 0. The molecule has 0 amide bonds. The Kier molecular flexibility index (Phi) is 3.27. The maximum atomic E-state index is 13.0. The number of aliphatic hydroxyl groups excluding tert-OH is 1. The summed E-state index contributed by atoms with van der Waals surface area (Å²) in [5.74, 6) is -0.209. The molecule has 0 saturated heterocycles. The molecule has 0 aromatic heterocycles. The third kappa shape index (κ3) is 2.81. The fraction of sp³-hybridized carbons (Fsp3) is 0.500. The molecule has 0 saturated carbocycles. The van der Waals surface area contributed by atoms with Crippen LogP contribution in [0.1, 0.15) is 25.0 Å². The van der Waals surface area contributed by atoms with Gasteiger partial charge in [-0.2, -0.15) is 0 Å². The van der Waals surface area contributed by atoms with Crippen molar-refractivity contribution in [3.05, 3.63) is 35.1 Å². The Hall–Kier alpha value is -0.890. The molecule has 1 rings (SSSR count). The lowest BCUT2D eigenvalue weighted by atomic mass is 9.85. The molecule has 0 heterocycles. The van der Waals surface area contributed by atoms with E-state index >= 15 is 0 Å². The van der Waals surface area contributed by atoms with Crippen LogP contribution in [0.4, 0.5) is 4.39 Å². The zero-order chi connectivity index (χ0) is 10.8. The van der Waals surface area contributed by atoms with Crippen molar-refractivity contribution < 1.29 is 9.50 Å². The molecule has 1 N–H and O–H groups in total. The van der Waals surface area contributed by atoms with Crippen molar-refractivity contribution in [2.24, 2.45) is 5.41 Å². The van der Waals surface area contributed by atoms with Crippen LogP contribution in [0.5, 0.6) is 0 Å². The van der Waals surface area contributed by atoms with E-state index < -0.39 is 0 Å². The molecular weight excluding hydrogens is 179 g/mol. The molecule has 2 heteroatoms. The Morgan fingerprint density at radius 2 is 2.00 bits per heavy atom. The van der Waals surface area contributed by atoms with Gasteiger partial charge in [0.15, 0.2) is 0 Å². The minimum atomic E-state index is -0.209. The van der Waals surface area contributed by atoms with Crippen LogP contribution in [0.25, 0.3) is 0 Å². The Bertz CT molecular complexity index is 318. The summed E-state index contributed by atoms with van der Waals surface area (Å²) in [7, 11) is 0.